The Labute approximate surface area is 139 Å². The molecule has 0 bridgehead atoms. The van der Waals surface area contributed by atoms with Crippen LogP contribution in [0.5, 0.6) is 0 Å². The molecule has 22 heavy (non-hydrogen) atoms. The van der Waals surface area contributed by atoms with Gasteiger partial charge in [0.15, 0.2) is 0 Å². The highest BCUT2D eigenvalue weighted by atomic mass is 35.5. The van der Waals surface area contributed by atoms with E-state index >= 15 is 0 Å². The first-order chi connectivity index (χ1) is 9.95. The molecule has 1 aromatic carbocycles. The number of nitrogens with zero attached hydrogens (tertiary/aromatic N) is 1. The summed E-state index contributed by atoms with van der Waals surface area (Å²) in [5.41, 5.74) is 3.82. The monoisotopic (exact) mass is 322 g/mol. The Morgan fingerprint density at radius 1 is 1.14 bits per heavy atom. The Morgan fingerprint density at radius 3 is 2.41 bits per heavy atom. The van der Waals surface area contributed by atoms with Crippen molar-refractivity contribution >= 4 is 18.3 Å². The number of carbonyl (C=O) groups is 1. The van der Waals surface area contributed by atoms with Crippen molar-refractivity contribution in [2.24, 2.45) is 11.3 Å². The lowest BCUT2D eigenvalue weighted by molar-refractivity contribution is 0.0608. The van der Waals surface area contributed by atoms with E-state index in [-0.39, 0.29) is 18.3 Å². The Morgan fingerprint density at radius 2 is 1.77 bits per heavy atom. The molecule has 1 saturated heterocycles. The summed E-state index contributed by atoms with van der Waals surface area (Å²) in [5, 5.41) is 3.33. The quantitative estimate of drug-likeness (QED) is 0.856. The van der Waals surface area contributed by atoms with Crippen LogP contribution in [0.2, 0.25) is 0 Å². The molecule has 1 amide bonds. The van der Waals surface area contributed by atoms with Gasteiger partial charge in [0.1, 0.15) is 0 Å². The lowest BCUT2D eigenvalue weighted by Crippen LogP contribution is -2.41. The Balaban J connectivity index is 0.00000176. The molecule has 0 aliphatic carbocycles. The summed E-state index contributed by atoms with van der Waals surface area (Å²) < 4.78 is 0. The Hall–Kier alpha value is -1.06. The fourth-order valence-electron chi connectivity index (χ4n) is 3.56. The predicted octanol–water partition coefficient (Wildman–Crippen LogP) is 3.61. The van der Waals surface area contributed by atoms with Crippen LogP contribution in [0.4, 0.5) is 0 Å². The number of hydrogen-bond acceptors (Lipinski definition) is 2. The van der Waals surface area contributed by atoms with Crippen LogP contribution < -0.4 is 5.32 Å². The number of rotatable bonds is 1. The van der Waals surface area contributed by atoms with E-state index in [1.54, 1.807) is 0 Å². The Kier molecular flexibility index (Phi) is 5.18. The fourth-order valence-corrected chi connectivity index (χ4v) is 3.56. The molecule has 0 atom stereocenters. The SMILES string of the molecule is CC(C)(C)C1CCN(C(=O)c2ccc3c(c2)CNC3)CC1.Cl. The van der Waals surface area contributed by atoms with Gasteiger partial charge in [0.05, 0.1) is 0 Å². The van der Waals surface area contributed by atoms with Gasteiger partial charge in [0.25, 0.3) is 5.91 Å². The van der Waals surface area contributed by atoms with Crippen molar-refractivity contribution in [3.63, 3.8) is 0 Å². The van der Waals surface area contributed by atoms with Crippen LogP contribution in [0.3, 0.4) is 0 Å². The van der Waals surface area contributed by atoms with E-state index in [4.69, 9.17) is 0 Å². The second-order valence-corrected chi connectivity index (χ2v) is 7.52. The molecule has 0 aromatic heterocycles. The molecule has 0 unspecified atom stereocenters. The molecule has 122 valence electrons. The van der Waals surface area contributed by atoms with Gasteiger partial charge in [0.2, 0.25) is 0 Å². The second kappa shape index (κ2) is 6.59. The predicted molar refractivity (Wildman–Crippen MR) is 92.3 cm³/mol. The van der Waals surface area contributed by atoms with Crippen molar-refractivity contribution in [3.05, 3.63) is 34.9 Å². The summed E-state index contributed by atoms with van der Waals surface area (Å²) in [4.78, 5) is 14.7. The molecular weight excluding hydrogens is 296 g/mol. The summed E-state index contributed by atoms with van der Waals surface area (Å²) in [5.74, 6) is 0.933. The molecule has 1 fully saturated rings. The third-order valence-corrected chi connectivity index (χ3v) is 5.09. The largest absolute Gasteiger partial charge is 0.339 e. The molecule has 1 N–H and O–H groups in total. The van der Waals surface area contributed by atoms with E-state index in [0.717, 1.165) is 50.5 Å². The van der Waals surface area contributed by atoms with Crippen LogP contribution in [0.1, 0.15) is 55.1 Å². The van der Waals surface area contributed by atoms with E-state index in [1.807, 2.05) is 11.0 Å². The number of carbonyl (C=O) groups excluding carboxylic acids is 1. The van der Waals surface area contributed by atoms with E-state index < -0.39 is 0 Å². The lowest BCUT2D eigenvalue weighted by atomic mass is 9.75. The number of amides is 1. The molecule has 0 spiro atoms. The highest BCUT2D eigenvalue weighted by Gasteiger charge is 2.30. The first kappa shape index (κ1) is 17.3. The third kappa shape index (κ3) is 3.47. The van der Waals surface area contributed by atoms with E-state index in [1.165, 1.54) is 11.1 Å². The average Bonchev–Trinajstić information content (AvgIpc) is 2.93. The molecular formula is C18H27ClN2O. The highest BCUT2D eigenvalue weighted by molar-refractivity contribution is 5.94. The molecule has 1 aromatic rings. The van der Waals surface area contributed by atoms with Gasteiger partial charge in [-0.25, -0.2) is 0 Å². The molecule has 3 nitrogen and oxygen atoms in total. The topological polar surface area (TPSA) is 32.3 Å². The average molecular weight is 323 g/mol. The van der Waals surface area contributed by atoms with Gasteiger partial charge < -0.3 is 10.2 Å². The number of piperidine rings is 1. The van der Waals surface area contributed by atoms with Gasteiger partial charge in [-0.05, 0) is 47.4 Å². The fraction of sp³-hybridized carbons (Fsp3) is 0.611. The van der Waals surface area contributed by atoms with Crippen molar-refractivity contribution in [1.29, 1.82) is 0 Å². The maximum Gasteiger partial charge on any atom is 0.253 e. The van der Waals surface area contributed by atoms with Gasteiger partial charge in [-0.15, -0.1) is 12.4 Å². The van der Waals surface area contributed by atoms with Gasteiger partial charge in [-0.3, -0.25) is 4.79 Å². The van der Waals surface area contributed by atoms with Crippen molar-refractivity contribution in [1.82, 2.24) is 10.2 Å². The number of likely N-dealkylation sites (tertiary alicyclic amines) is 1. The molecule has 0 radical (unpaired) electrons. The standard InChI is InChI=1S/C18H26N2O.ClH/c1-18(2,3)16-6-8-20(9-7-16)17(21)13-4-5-14-11-19-12-15(14)10-13;/h4-5,10,16,19H,6-9,11-12H2,1-3H3;1H. The van der Waals surface area contributed by atoms with Gasteiger partial charge in [-0.1, -0.05) is 26.8 Å². The van der Waals surface area contributed by atoms with Crippen LogP contribution in [-0.2, 0) is 13.1 Å². The first-order valence-corrected chi connectivity index (χ1v) is 8.07. The van der Waals surface area contributed by atoms with Crippen molar-refractivity contribution < 1.29 is 4.79 Å². The molecule has 2 aliphatic heterocycles. The Bertz CT molecular complexity index is 543. The van der Waals surface area contributed by atoms with Crippen molar-refractivity contribution in [2.45, 2.75) is 46.7 Å². The minimum atomic E-state index is 0. The smallest absolute Gasteiger partial charge is 0.253 e. The minimum Gasteiger partial charge on any atom is -0.339 e. The summed E-state index contributed by atoms with van der Waals surface area (Å²) in [6, 6.07) is 6.17. The van der Waals surface area contributed by atoms with Gasteiger partial charge in [0, 0.05) is 31.7 Å². The third-order valence-electron chi connectivity index (χ3n) is 5.09. The normalized spacial score (nSPS) is 18.8. The van der Waals surface area contributed by atoms with Crippen molar-refractivity contribution in [2.75, 3.05) is 13.1 Å². The molecule has 4 heteroatoms. The molecule has 2 aliphatic rings. The first-order valence-electron chi connectivity index (χ1n) is 8.07. The van der Waals surface area contributed by atoms with Crippen LogP contribution in [-0.4, -0.2) is 23.9 Å². The summed E-state index contributed by atoms with van der Waals surface area (Å²) in [7, 11) is 0. The zero-order valence-electron chi connectivity index (χ0n) is 13.8. The molecule has 0 saturated carbocycles. The number of nitrogens with one attached hydrogen (secondary N) is 1. The molecule has 3 rings (SSSR count). The van der Waals surface area contributed by atoms with Gasteiger partial charge >= 0.3 is 0 Å². The maximum absolute atomic E-state index is 12.7. The summed E-state index contributed by atoms with van der Waals surface area (Å²) >= 11 is 0. The number of fused-ring (bicyclic) bond motifs is 1. The summed E-state index contributed by atoms with van der Waals surface area (Å²) in [6.07, 6.45) is 2.25. The number of benzene rings is 1. The maximum atomic E-state index is 12.7. The second-order valence-electron chi connectivity index (χ2n) is 7.52. The zero-order chi connectivity index (χ0) is 15.0. The number of hydrogen-bond donors (Lipinski definition) is 1. The van der Waals surface area contributed by atoms with Gasteiger partial charge in [-0.2, -0.15) is 0 Å². The van der Waals surface area contributed by atoms with Crippen LogP contribution in [0, 0.1) is 11.3 Å². The van der Waals surface area contributed by atoms with E-state index in [2.05, 4.69) is 38.2 Å². The van der Waals surface area contributed by atoms with E-state index in [9.17, 15) is 4.79 Å². The molecule has 2 heterocycles. The summed E-state index contributed by atoms with van der Waals surface area (Å²) in [6.45, 7) is 10.5. The van der Waals surface area contributed by atoms with Crippen molar-refractivity contribution in [3.8, 4) is 0 Å². The van der Waals surface area contributed by atoms with E-state index in [0.29, 0.717) is 5.41 Å². The lowest BCUT2D eigenvalue weighted by Gasteiger charge is -2.38. The zero-order valence-corrected chi connectivity index (χ0v) is 14.6. The number of halogens is 1. The highest BCUT2D eigenvalue weighted by Crippen LogP contribution is 2.34. The van der Waals surface area contributed by atoms with Crippen LogP contribution in [0.15, 0.2) is 18.2 Å². The minimum absolute atomic E-state index is 0. The van der Waals surface area contributed by atoms with Crippen LogP contribution >= 0.6 is 12.4 Å². The van der Waals surface area contributed by atoms with Crippen LogP contribution in [0.25, 0.3) is 0 Å².